The maximum Gasteiger partial charge on any atom is 0.235 e. The Labute approximate surface area is 163 Å². The van der Waals surface area contributed by atoms with Crippen LogP contribution in [0.25, 0.3) is 32.7 Å². The third kappa shape index (κ3) is 2.23. The van der Waals surface area contributed by atoms with Crippen molar-refractivity contribution in [1.82, 2.24) is 29.2 Å². The molecule has 0 atom stereocenters. The Balaban J connectivity index is 1.50. The third-order valence-electron chi connectivity index (χ3n) is 4.70. The number of fused-ring (bicyclic) bond motifs is 3. The average Bonchev–Trinajstić information content (AvgIpc) is 3.39. The van der Waals surface area contributed by atoms with Gasteiger partial charge in [-0.1, -0.05) is 17.4 Å². The zero-order valence-corrected chi connectivity index (χ0v) is 15.7. The van der Waals surface area contributed by atoms with Gasteiger partial charge in [0.25, 0.3) is 0 Å². The van der Waals surface area contributed by atoms with Gasteiger partial charge in [-0.25, -0.2) is 4.98 Å². The van der Waals surface area contributed by atoms with Crippen molar-refractivity contribution < 1.29 is 9.47 Å². The van der Waals surface area contributed by atoms with E-state index in [0.717, 1.165) is 44.1 Å². The fourth-order valence-corrected chi connectivity index (χ4v) is 4.28. The Morgan fingerprint density at radius 2 is 1.93 bits per heavy atom. The molecule has 0 unspecified atom stereocenters. The van der Waals surface area contributed by atoms with E-state index in [9.17, 15) is 0 Å². The van der Waals surface area contributed by atoms with E-state index in [1.807, 2.05) is 53.9 Å². The number of rotatable bonds is 2. The minimum Gasteiger partial charge on any atom is -0.486 e. The fraction of sp³-hybridized carbons (Fsp3) is 0.158. The third-order valence-corrected chi connectivity index (χ3v) is 5.64. The van der Waals surface area contributed by atoms with E-state index in [4.69, 9.17) is 14.6 Å². The van der Waals surface area contributed by atoms with Crippen molar-refractivity contribution in [2.75, 3.05) is 13.2 Å². The van der Waals surface area contributed by atoms with Crippen LogP contribution in [0, 0.1) is 6.92 Å². The number of ether oxygens (including phenoxy) is 2. The van der Waals surface area contributed by atoms with Gasteiger partial charge in [-0.05, 0) is 37.3 Å². The summed E-state index contributed by atoms with van der Waals surface area (Å²) >= 11 is 1.48. The van der Waals surface area contributed by atoms with Crippen LogP contribution in [-0.2, 0) is 0 Å². The van der Waals surface area contributed by atoms with Gasteiger partial charge in [0.2, 0.25) is 10.8 Å². The van der Waals surface area contributed by atoms with Crippen LogP contribution >= 0.6 is 11.3 Å². The molecule has 0 saturated heterocycles. The number of pyridine rings is 1. The number of aryl methyl sites for hydroxylation is 1. The molecule has 0 fully saturated rings. The minimum atomic E-state index is 0.555. The highest BCUT2D eigenvalue weighted by Gasteiger charge is 2.21. The topological polar surface area (TPSA) is 78.8 Å². The van der Waals surface area contributed by atoms with E-state index in [-0.39, 0.29) is 0 Å². The maximum absolute atomic E-state index is 5.69. The molecule has 1 aliphatic rings. The molecule has 5 heterocycles. The van der Waals surface area contributed by atoms with E-state index in [0.29, 0.717) is 19.0 Å². The fourth-order valence-electron chi connectivity index (χ4n) is 3.44. The highest BCUT2D eigenvalue weighted by molar-refractivity contribution is 7.19. The van der Waals surface area contributed by atoms with Crippen molar-refractivity contribution in [3.8, 4) is 33.6 Å². The van der Waals surface area contributed by atoms with Gasteiger partial charge < -0.3 is 9.47 Å². The molecular formula is C19H14N6O2S. The summed E-state index contributed by atoms with van der Waals surface area (Å²) in [6.45, 7) is 3.10. The second kappa shape index (κ2) is 5.77. The molecule has 28 heavy (non-hydrogen) atoms. The van der Waals surface area contributed by atoms with Crippen LogP contribution in [0.1, 0.15) is 5.69 Å². The summed E-state index contributed by atoms with van der Waals surface area (Å²) in [4.78, 5) is 5.34. The van der Waals surface area contributed by atoms with Crippen LogP contribution in [-0.4, -0.2) is 42.4 Å². The molecule has 8 nitrogen and oxygen atoms in total. The lowest BCUT2D eigenvalue weighted by molar-refractivity contribution is 0.171. The number of benzene rings is 1. The van der Waals surface area contributed by atoms with E-state index in [1.165, 1.54) is 11.3 Å². The number of aromatic nitrogens is 6. The van der Waals surface area contributed by atoms with Gasteiger partial charge in [-0.2, -0.15) is 9.61 Å². The molecule has 1 aliphatic heterocycles. The number of imidazole rings is 1. The Kier molecular flexibility index (Phi) is 3.21. The zero-order valence-electron chi connectivity index (χ0n) is 14.9. The molecule has 0 bridgehead atoms. The van der Waals surface area contributed by atoms with Gasteiger partial charge in [0.1, 0.15) is 29.6 Å². The lowest BCUT2D eigenvalue weighted by Gasteiger charge is -2.18. The molecule has 0 aliphatic carbocycles. The van der Waals surface area contributed by atoms with Gasteiger partial charge in [-0.3, -0.25) is 4.40 Å². The van der Waals surface area contributed by atoms with Crippen molar-refractivity contribution >= 4 is 21.9 Å². The molecule has 9 heteroatoms. The summed E-state index contributed by atoms with van der Waals surface area (Å²) in [7, 11) is 0. The molecule has 4 aromatic heterocycles. The van der Waals surface area contributed by atoms with Crippen LogP contribution in [0.2, 0.25) is 0 Å². The van der Waals surface area contributed by atoms with Crippen molar-refractivity contribution in [3.63, 3.8) is 0 Å². The summed E-state index contributed by atoms with van der Waals surface area (Å²) in [6, 6.07) is 11.8. The van der Waals surface area contributed by atoms with Gasteiger partial charge in [0.15, 0.2) is 11.5 Å². The first-order valence-corrected chi connectivity index (χ1v) is 9.66. The highest BCUT2D eigenvalue weighted by Crippen LogP contribution is 2.36. The molecular weight excluding hydrogens is 376 g/mol. The molecule has 0 saturated carbocycles. The molecule has 6 rings (SSSR count). The monoisotopic (exact) mass is 390 g/mol. The number of hydrogen-bond donors (Lipinski definition) is 0. The number of nitrogens with zero attached hydrogens (tertiary/aromatic N) is 6. The quantitative estimate of drug-likeness (QED) is 0.460. The first-order valence-electron chi connectivity index (χ1n) is 8.84. The summed E-state index contributed by atoms with van der Waals surface area (Å²) in [6.07, 6.45) is 1.97. The van der Waals surface area contributed by atoms with Gasteiger partial charge in [0.05, 0.1) is 5.69 Å². The highest BCUT2D eigenvalue weighted by atomic mass is 32.1. The van der Waals surface area contributed by atoms with Crippen LogP contribution in [0.15, 0.2) is 42.6 Å². The zero-order chi connectivity index (χ0) is 18.7. The summed E-state index contributed by atoms with van der Waals surface area (Å²) < 4.78 is 15.1. The SMILES string of the molecule is Cc1nc2ccccn2c1-c1nnc2sc(-c3ccc4c(c3)OCCO4)nn12. The molecule has 0 amide bonds. The summed E-state index contributed by atoms with van der Waals surface area (Å²) in [5, 5.41) is 14.3. The Bertz CT molecular complexity index is 1350. The average molecular weight is 390 g/mol. The van der Waals surface area contributed by atoms with Gasteiger partial charge in [-0.15, -0.1) is 10.2 Å². The predicted octanol–water partition coefficient (Wildman–Crippen LogP) is 3.25. The second-order valence-corrected chi connectivity index (χ2v) is 7.41. The van der Waals surface area contributed by atoms with Crippen molar-refractivity contribution in [2.24, 2.45) is 0 Å². The minimum absolute atomic E-state index is 0.555. The van der Waals surface area contributed by atoms with E-state index >= 15 is 0 Å². The van der Waals surface area contributed by atoms with Crippen LogP contribution < -0.4 is 9.47 Å². The largest absolute Gasteiger partial charge is 0.486 e. The smallest absolute Gasteiger partial charge is 0.235 e. The predicted molar refractivity (Wildman–Crippen MR) is 104 cm³/mol. The Morgan fingerprint density at radius 1 is 1.04 bits per heavy atom. The Morgan fingerprint density at radius 3 is 2.86 bits per heavy atom. The Hall–Kier alpha value is -3.46. The first-order chi connectivity index (χ1) is 13.8. The van der Waals surface area contributed by atoms with E-state index in [1.54, 1.807) is 4.52 Å². The molecule has 138 valence electrons. The molecule has 0 N–H and O–H groups in total. The van der Waals surface area contributed by atoms with Gasteiger partial charge >= 0.3 is 0 Å². The summed E-state index contributed by atoms with van der Waals surface area (Å²) in [5.41, 5.74) is 3.60. The maximum atomic E-state index is 5.69. The molecule has 0 spiro atoms. The normalized spacial score (nSPS) is 13.5. The van der Waals surface area contributed by atoms with Crippen molar-refractivity contribution in [1.29, 1.82) is 0 Å². The van der Waals surface area contributed by atoms with Gasteiger partial charge in [0, 0.05) is 11.8 Å². The second-order valence-electron chi connectivity index (χ2n) is 6.46. The number of hydrogen-bond acceptors (Lipinski definition) is 7. The first kappa shape index (κ1) is 15.6. The molecule has 5 aromatic rings. The summed E-state index contributed by atoms with van der Waals surface area (Å²) in [5.74, 6) is 2.18. The standard InChI is InChI=1S/C19H14N6O2S/c1-11-16(24-7-3-2-4-15(24)20-11)17-21-22-19-25(17)23-18(28-19)12-5-6-13-14(10-12)27-9-8-26-13/h2-7,10H,8-9H2,1H3. The van der Waals surface area contributed by atoms with E-state index in [2.05, 4.69) is 15.2 Å². The molecule has 1 aromatic carbocycles. The van der Waals surface area contributed by atoms with E-state index < -0.39 is 0 Å². The molecule has 0 radical (unpaired) electrons. The lowest BCUT2D eigenvalue weighted by atomic mass is 10.2. The van der Waals surface area contributed by atoms with Crippen molar-refractivity contribution in [3.05, 3.63) is 48.3 Å². The van der Waals surface area contributed by atoms with Crippen LogP contribution in [0.4, 0.5) is 0 Å². The van der Waals surface area contributed by atoms with Crippen LogP contribution in [0.5, 0.6) is 11.5 Å². The van der Waals surface area contributed by atoms with Crippen molar-refractivity contribution in [2.45, 2.75) is 6.92 Å². The lowest BCUT2D eigenvalue weighted by Crippen LogP contribution is -2.15. The van der Waals surface area contributed by atoms with Crippen LogP contribution in [0.3, 0.4) is 0 Å².